The molecule has 2 aliphatic heterocycles. The fourth-order valence-electron chi connectivity index (χ4n) is 3.99. The summed E-state index contributed by atoms with van der Waals surface area (Å²) >= 11 is 0. The highest BCUT2D eigenvalue weighted by Crippen LogP contribution is 2.34. The molecule has 0 aromatic carbocycles. The third kappa shape index (κ3) is 2.27. The van der Waals surface area contributed by atoms with E-state index in [0.717, 1.165) is 42.0 Å². The number of pyridine rings is 1. The number of nitrogens with one attached hydrogen (secondary N) is 1. The predicted molar refractivity (Wildman–Crippen MR) is 98.3 cm³/mol. The van der Waals surface area contributed by atoms with Crippen LogP contribution in [0.4, 0.5) is 0 Å². The quantitative estimate of drug-likeness (QED) is 0.617. The van der Waals surface area contributed by atoms with Crippen LogP contribution in [-0.2, 0) is 6.42 Å². The minimum absolute atomic E-state index is 0.208. The zero-order chi connectivity index (χ0) is 17.7. The Bertz CT molecular complexity index is 1110. The smallest absolute Gasteiger partial charge is 0.284 e. The van der Waals surface area contributed by atoms with Crippen molar-refractivity contribution >= 4 is 5.65 Å². The standard InChI is InChI=1S/C19H20N6O/c1-2-14-16-18(25(23-14)13-5-3-4-6-13)21-17(22-19(16)26)12-7-8-15-20-9-10-24(15)11-12/h7-11,13,23H,2-6H2,1H3. The normalized spacial score (nSPS) is 15.4. The fraction of sp³-hybridized carbons (Fsp3) is 0.368. The molecule has 5 rings (SSSR count). The van der Waals surface area contributed by atoms with E-state index in [4.69, 9.17) is 4.98 Å². The maximum Gasteiger partial charge on any atom is 0.284 e. The summed E-state index contributed by atoms with van der Waals surface area (Å²) in [6, 6.07) is 4.21. The van der Waals surface area contributed by atoms with Crippen LogP contribution in [-0.4, -0.2) is 29.1 Å². The maximum absolute atomic E-state index is 12.8. The van der Waals surface area contributed by atoms with Gasteiger partial charge in [-0.25, -0.2) is 9.97 Å². The Morgan fingerprint density at radius 1 is 1.23 bits per heavy atom. The van der Waals surface area contributed by atoms with Gasteiger partial charge in [-0.2, -0.15) is 4.98 Å². The number of aryl methyl sites for hydroxylation is 1. The zero-order valence-electron chi connectivity index (χ0n) is 14.6. The van der Waals surface area contributed by atoms with Crippen molar-refractivity contribution in [1.82, 2.24) is 29.1 Å². The summed E-state index contributed by atoms with van der Waals surface area (Å²) < 4.78 is 4.01. The van der Waals surface area contributed by atoms with Gasteiger partial charge < -0.3 is 4.40 Å². The van der Waals surface area contributed by atoms with E-state index in [0.29, 0.717) is 17.4 Å². The Balaban J connectivity index is 1.72. The van der Waals surface area contributed by atoms with E-state index in [1.54, 1.807) is 6.20 Å². The molecule has 2 aromatic rings. The summed E-state index contributed by atoms with van der Waals surface area (Å²) in [6.07, 6.45) is 11.0. The molecule has 132 valence electrons. The van der Waals surface area contributed by atoms with Crippen molar-refractivity contribution in [1.29, 1.82) is 0 Å². The van der Waals surface area contributed by atoms with Crippen LogP contribution in [0.25, 0.3) is 28.4 Å². The second kappa shape index (κ2) is 5.79. The molecule has 26 heavy (non-hydrogen) atoms. The van der Waals surface area contributed by atoms with Crippen molar-refractivity contribution < 1.29 is 0 Å². The highest BCUT2D eigenvalue weighted by atomic mass is 16.1. The van der Waals surface area contributed by atoms with Gasteiger partial charge in [-0.3, -0.25) is 14.6 Å². The van der Waals surface area contributed by atoms with Crippen LogP contribution in [0.15, 0.2) is 35.5 Å². The van der Waals surface area contributed by atoms with Crippen LogP contribution in [0.5, 0.6) is 0 Å². The van der Waals surface area contributed by atoms with E-state index in [-0.39, 0.29) is 5.56 Å². The minimum Gasteiger partial charge on any atom is -0.306 e. The Morgan fingerprint density at radius 2 is 2.08 bits per heavy atom. The van der Waals surface area contributed by atoms with Gasteiger partial charge in [-0.15, -0.1) is 0 Å². The lowest BCUT2D eigenvalue weighted by Gasteiger charge is -2.13. The number of hydrogen-bond acceptors (Lipinski definition) is 4. The third-order valence-corrected chi connectivity index (χ3v) is 5.33. The average molecular weight is 348 g/mol. The number of aromatic amines is 1. The molecule has 2 aromatic heterocycles. The zero-order valence-corrected chi connectivity index (χ0v) is 14.6. The molecule has 3 aliphatic rings. The molecule has 0 radical (unpaired) electrons. The van der Waals surface area contributed by atoms with Crippen LogP contribution >= 0.6 is 0 Å². The minimum atomic E-state index is -0.208. The molecule has 1 N–H and O–H groups in total. The van der Waals surface area contributed by atoms with Crippen LogP contribution in [0.2, 0.25) is 0 Å². The van der Waals surface area contributed by atoms with E-state index in [9.17, 15) is 4.79 Å². The Labute approximate surface area is 150 Å². The van der Waals surface area contributed by atoms with E-state index in [1.165, 1.54) is 12.8 Å². The highest BCUT2D eigenvalue weighted by molar-refractivity contribution is 5.65. The molecule has 0 unspecified atom stereocenters. The summed E-state index contributed by atoms with van der Waals surface area (Å²) in [5.41, 5.74) is 3.01. The largest absolute Gasteiger partial charge is 0.306 e. The first kappa shape index (κ1) is 15.3. The molecule has 1 saturated carbocycles. The molecule has 0 spiro atoms. The molecular formula is C19H20N6O. The van der Waals surface area contributed by atoms with Crippen LogP contribution in [0.1, 0.15) is 44.3 Å². The summed E-state index contributed by atoms with van der Waals surface area (Å²) in [5.74, 6) is 1.20. The molecule has 7 heteroatoms. The van der Waals surface area contributed by atoms with Crippen molar-refractivity contribution in [3.8, 4) is 22.8 Å². The molecule has 0 saturated heterocycles. The van der Waals surface area contributed by atoms with Gasteiger partial charge in [0.05, 0.1) is 6.04 Å². The van der Waals surface area contributed by atoms with Crippen LogP contribution in [0.3, 0.4) is 0 Å². The van der Waals surface area contributed by atoms with E-state index in [1.807, 2.05) is 35.9 Å². The Morgan fingerprint density at radius 3 is 2.88 bits per heavy atom. The molecular weight excluding hydrogens is 328 g/mol. The monoisotopic (exact) mass is 348 g/mol. The second-order valence-electron chi connectivity index (χ2n) is 6.91. The Hall–Kier alpha value is -2.96. The lowest BCUT2D eigenvalue weighted by molar-refractivity contribution is 0.464. The van der Waals surface area contributed by atoms with Gasteiger partial charge in [0.1, 0.15) is 11.2 Å². The summed E-state index contributed by atoms with van der Waals surface area (Å²) in [5, 5.41) is 3.43. The number of rotatable bonds is 3. The second-order valence-corrected chi connectivity index (χ2v) is 6.91. The molecule has 0 amide bonds. The lowest BCUT2D eigenvalue weighted by atomic mass is 10.1. The highest BCUT2D eigenvalue weighted by Gasteiger charge is 2.27. The summed E-state index contributed by atoms with van der Waals surface area (Å²) in [4.78, 5) is 26.1. The van der Waals surface area contributed by atoms with Crippen molar-refractivity contribution in [3.63, 3.8) is 0 Å². The topological polar surface area (TPSA) is 80.9 Å². The molecule has 7 nitrogen and oxygen atoms in total. The average Bonchev–Trinajstić information content (AvgIpc) is 3.39. The van der Waals surface area contributed by atoms with Gasteiger partial charge in [0.15, 0.2) is 11.6 Å². The van der Waals surface area contributed by atoms with Gasteiger partial charge in [0.2, 0.25) is 0 Å². The molecule has 0 bridgehead atoms. The SMILES string of the molecule is CCc1[nH]n(C2CCCC2)c2nc(-c3ccc4nccn4c3)nc(=O)c1-2. The first-order valence-electron chi connectivity index (χ1n) is 9.19. The van der Waals surface area contributed by atoms with Gasteiger partial charge in [0.25, 0.3) is 5.56 Å². The first-order chi connectivity index (χ1) is 12.7. The maximum atomic E-state index is 12.8. The molecule has 4 heterocycles. The van der Waals surface area contributed by atoms with Crippen molar-refractivity contribution in [2.75, 3.05) is 0 Å². The van der Waals surface area contributed by atoms with E-state index < -0.39 is 0 Å². The van der Waals surface area contributed by atoms with Gasteiger partial charge in [-0.05, 0) is 31.4 Å². The number of H-pyrrole nitrogens is 1. The molecule has 1 fully saturated rings. The predicted octanol–water partition coefficient (Wildman–Crippen LogP) is 3.06. The number of imidazole rings is 1. The van der Waals surface area contributed by atoms with Crippen molar-refractivity contribution in [3.05, 3.63) is 46.8 Å². The van der Waals surface area contributed by atoms with Gasteiger partial charge in [-0.1, -0.05) is 19.8 Å². The number of nitrogens with zero attached hydrogens (tertiary/aromatic N) is 5. The number of aromatic nitrogens is 6. The van der Waals surface area contributed by atoms with E-state index >= 15 is 0 Å². The van der Waals surface area contributed by atoms with Gasteiger partial charge >= 0.3 is 0 Å². The molecule has 0 atom stereocenters. The third-order valence-electron chi connectivity index (χ3n) is 5.33. The van der Waals surface area contributed by atoms with Crippen LogP contribution < -0.4 is 5.56 Å². The first-order valence-corrected chi connectivity index (χ1v) is 9.19. The van der Waals surface area contributed by atoms with Crippen molar-refractivity contribution in [2.45, 2.75) is 45.1 Å². The number of fused-ring (bicyclic) bond motifs is 2. The lowest BCUT2D eigenvalue weighted by Crippen LogP contribution is -2.17. The summed E-state index contributed by atoms with van der Waals surface area (Å²) in [7, 11) is 0. The molecule has 1 aliphatic carbocycles. The fourth-order valence-corrected chi connectivity index (χ4v) is 3.99. The van der Waals surface area contributed by atoms with Gasteiger partial charge in [0, 0.05) is 29.8 Å². The number of hydrogen-bond donors (Lipinski definition) is 1. The van der Waals surface area contributed by atoms with Crippen molar-refractivity contribution in [2.24, 2.45) is 0 Å². The van der Waals surface area contributed by atoms with E-state index in [2.05, 4.69) is 19.7 Å². The summed E-state index contributed by atoms with van der Waals surface area (Å²) in [6.45, 7) is 2.05. The van der Waals surface area contributed by atoms with Crippen LogP contribution in [0, 0.1) is 0 Å². The Kier molecular flexibility index (Phi) is 3.41.